The van der Waals surface area contributed by atoms with E-state index in [4.69, 9.17) is 4.74 Å². The molecular formula is C13H14N2O2. The highest BCUT2D eigenvalue weighted by atomic mass is 16.5. The Morgan fingerprint density at radius 1 is 1.29 bits per heavy atom. The molecule has 0 atom stereocenters. The number of aryl methyl sites for hydroxylation is 2. The van der Waals surface area contributed by atoms with E-state index in [2.05, 4.69) is 9.97 Å². The first kappa shape index (κ1) is 11.4. The molecule has 4 heteroatoms. The molecule has 0 saturated heterocycles. The highest BCUT2D eigenvalue weighted by Crippen LogP contribution is 2.08. The summed E-state index contributed by atoms with van der Waals surface area (Å²) < 4.78 is 5.48. The second kappa shape index (κ2) is 4.82. The molecule has 1 N–H and O–H groups in total. The minimum absolute atomic E-state index is 0.197. The summed E-state index contributed by atoms with van der Waals surface area (Å²) in [7, 11) is 0. The van der Waals surface area contributed by atoms with Crippen LogP contribution in [0.15, 0.2) is 35.1 Å². The zero-order valence-electron chi connectivity index (χ0n) is 9.86. The van der Waals surface area contributed by atoms with Gasteiger partial charge >= 0.3 is 0 Å². The van der Waals surface area contributed by atoms with Crippen molar-refractivity contribution in [2.45, 2.75) is 20.5 Å². The molecule has 4 nitrogen and oxygen atoms in total. The van der Waals surface area contributed by atoms with Crippen LogP contribution in [0.25, 0.3) is 0 Å². The molecule has 0 aliphatic heterocycles. The van der Waals surface area contributed by atoms with Gasteiger partial charge < -0.3 is 9.72 Å². The third-order valence-electron chi connectivity index (χ3n) is 2.31. The van der Waals surface area contributed by atoms with Crippen LogP contribution in [0.1, 0.15) is 17.0 Å². The van der Waals surface area contributed by atoms with Gasteiger partial charge in [0.2, 0.25) is 5.88 Å². The molecule has 1 heterocycles. The first-order chi connectivity index (χ1) is 8.13. The fourth-order valence-electron chi connectivity index (χ4n) is 1.59. The molecule has 0 aliphatic carbocycles. The van der Waals surface area contributed by atoms with Crippen molar-refractivity contribution in [1.82, 2.24) is 9.97 Å². The quantitative estimate of drug-likeness (QED) is 0.877. The number of hydrogen-bond donors (Lipinski definition) is 1. The van der Waals surface area contributed by atoms with E-state index in [1.54, 1.807) is 6.92 Å². The van der Waals surface area contributed by atoms with Crippen LogP contribution in [0, 0.1) is 13.8 Å². The normalized spacial score (nSPS) is 10.2. The number of aromatic amines is 1. The molecule has 88 valence electrons. The van der Waals surface area contributed by atoms with E-state index in [1.807, 2.05) is 31.2 Å². The maximum atomic E-state index is 11.2. The lowest BCUT2D eigenvalue weighted by Gasteiger charge is -2.06. The molecule has 0 aliphatic rings. The van der Waals surface area contributed by atoms with Gasteiger partial charge in [-0.1, -0.05) is 29.8 Å². The Morgan fingerprint density at radius 3 is 2.82 bits per heavy atom. The summed E-state index contributed by atoms with van der Waals surface area (Å²) in [6.45, 7) is 4.16. The summed E-state index contributed by atoms with van der Waals surface area (Å²) in [5.41, 5.74) is 2.04. The lowest BCUT2D eigenvalue weighted by atomic mass is 10.1. The number of nitrogens with one attached hydrogen (secondary N) is 1. The van der Waals surface area contributed by atoms with Crippen LogP contribution in [-0.2, 0) is 6.61 Å². The molecular weight excluding hydrogens is 216 g/mol. The maximum Gasteiger partial charge on any atom is 0.254 e. The van der Waals surface area contributed by atoms with Gasteiger partial charge in [0.1, 0.15) is 12.4 Å². The Morgan fingerprint density at radius 2 is 2.12 bits per heavy atom. The van der Waals surface area contributed by atoms with Crippen LogP contribution >= 0.6 is 0 Å². The summed E-state index contributed by atoms with van der Waals surface area (Å²) in [6, 6.07) is 9.37. The number of rotatable bonds is 3. The van der Waals surface area contributed by atoms with E-state index in [0.29, 0.717) is 18.3 Å². The Bertz CT molecular complexity index is 576. The second-order valence-electron chi connectivity index (χ2n) is 3.95. The topological polar surface area (TPSA) is 55.0 Å². The zero-order valence-corrected chi connectivity index (χ0v) is 9.86. The Labute approximate surface area is 99.3 Å². The Kier molecular flexibility index (Phi) is 3.23. The van der Waals surface area contributed by atoms with E-state index in [1.165, 1.54) is 11.6 Å². The molecule has 0 unspecified atom stereocenters. The molecule has 1 aromatic heterocycles. The highest BCUT2D eigenvalue weighted by Gasteiger charge is 2.00. The van der Waals surface area contributed by atoms with Gasteiger partial charge in [0.15, 0.2) is 0 Å². The first-order valence-electron chi connectivity index (χ1n) is 5.40. The van der Waals surface area contributed by atoms with Gasteiger partial charge in [-0.2, -0.15) is 0 Å². The summed E-state index contributed by atoms with van der Waals surface area (Å²) in [5, 5.41) is 0. The van der Waals surface area contributed by atoms with Gasteiger partial charge in [0, 0.05) is 0 Å². The molecule has 2 aromatic rings. The van der Waals surface area contributed by atoms with Crippen LogP contribution in [-0.4, -0.2) is 9.97 Å². The van der Waals surface area contributed by atoms with Gasteiger partial charge in [0.25, 0.3) is 5.56 Å². The van der Waals surface area contributed by atoms with Crippen LogP contribution in [0.5, 0.6) is 5.88 Å². The van der Waals surface area contributed by atoms with Crippen LogP contribution in [0.4, 0.5) is 0 Å². The monoisotopic (exact) mass is 230 g/mol. The van der Waals surface area contributed by atoms with Gasteiger partial charge in [0.05, 0.1) is 6.07 Å². The number of H-pyrrole nitrogens is 1. The van der Waals surface area contributed by atoms with Crippen molar-refractivity contribution in [1.29, 1.82) is 0 Å². The van der Waals surface area contributed by atoms with Crippen molar-refractivity contribution in [3.8, 4) is 5.88 Å². The van der Waals surface area contributed by atoms with E-state index in [-0.39, 0.29) is 5.56 Å². The minimum atomic E-state index is -0.197. The fourth-order valence-corrected chi connectivity index (χ4v) is 1.59. The molecule has 0 spiro atoms. The standard InChI is InChI=1S/C13H14N2O2/c1-9-4-3-5-11(6-9)8-17-13-7-12(16)14-10(2)15-13/h3-7H,8H2,1-2H3,(H,14,15,16). The summed E-state index contributed by atoms with van der Waals surface area (Å²) >= 11 is 0. The molecule has 0 radical (unpaired) electrons. The van der Waals surface area contributed by atoms with E-state index in [0.717, 1.165) is 5.56 Å². The number of aromatic nitrogens is 2. The van der Waals surface area contributed by atoms with Gasteiger partial charge in [-0.15, -0.1) is 0 Å². The van der Waals surface area contributed by atoms with Crippen molar-refractivity contribution in [2.24, 2.45) is 0 Å². The first-order valence-corrected chi connectivity index (χ1v) is 5.40. The molecule has 0 fully saturated rings. The van der Waals surface area contributed by atoms with E-state index in [9.17, 15) is 4.79 Å². The Hall–Kier alpha value is -2.10. The summed E-state index contributed by atoms with van der Waals surface area (Å²) in [4.78, 5) is 17.9. The smallest absolute Gasteiger partial charge is 0.254 e. The number of ether oxygens (including phenoxy) is 1. The van der Waals surface area contributed by atoms with E-state index < -0.39 is 0 Å². The average molecular weight is 230 g/mol. The molecule has 0 bridgehead atoms. The van der Waals surface area contributed by atoms with Crippen molar-refractivity contribution in [2.75, 3.05) is 0 Å². The lowest BCUT2D eigenvalue weighted by molar-refractivity contribution is 0.292. The zero-order chi connectivity index (χ0) is 12.3. The molecule has 1 aromatic carbocycles. The highest BCUT2D eigenvalue weighted by molar-refractivity contribution is 5.22. The van der Waals surface area contributed by atoms with Gasteiger partial charge in [-0.3, -0.25) is 4.79 Å². The van der Waals surface area contributed by atoms with Crippen LogP contribution in [0.2, 0.25) is 0 Å². The van der Waals surface area contributed by atoms with Crippen LogP contribution in [0.3, 0.4) is 0 Å². The third kappa shape index (κ3) is 3.17. The van der Waals surface area contributed by atoms with E-state index >= 15 is 0 Å². The predicted octanol–water partition coefficient (Wildman–Crippen LogP) is 1.97. The lowest BCUT2D eigenvalue weighted by Crippen LogP contribution is -2.09. The van der Waals surface area contributed by atoms with Gasteiger partial charge in [-0.25, -0.2) is 4.98 Å². The van der Waals surface area contributed by atoms with Crippen molar-refractivity contribution in [3.05, 3.63) is 57.6 Å². The fraction of sp³-hybridized carbons (Fsp3) is 0.231. The largest absolute Gasteiger partial charge is 0.473 e. The SMILES string of the molecule is Cc1cccc(COc2cc(=O)[nH]c(C)n2)c1. The predicted molar refractivity (Wildman–Crippen MR) is 65.1 cm³/mol. The minimum Gasteiger partial charge on any atom is -0.473 e. The second-order valence-corrected chi connectivity index (χ2v) is 3.95. The third-order valence-corrected chi connectivity index (χ3v) is 2.31. The number of benzene rings is 1. The number of nitrogens with zero attached hydrogens (tertiary/aromatic N) is 1. The summed E-state index contributed by atoms with van der Waals surface area (Å²) in [6.07, 6.45) is 0. The van der Waals surface area contributed by atoms with Crippen molar-refractivity contribution >= 4 is 0 Å². The van der Waals surface area contributed by atoms with Crippen molar-refractivity contribution < 1.29 is 4.74 Å². The molecule has 17 heavy (non-hydrogen) atoms. The van der Waals surface area contributed by atoms with Crippen molar-refractivity contribution in [3.63, 3.8) is 0 Å². The number of hydrogen-bond acceptors (Lipinski definition) is 3. The Balaban J connectivity index is 2.09. The summed E-state index contributed by atoms with van der Waals surface area (Å²) in [5.74, 6) is 0.907. The average Bonchev–Trinajstić information content (AvgIpc) is 2.25. The molecule has 2 rings (SSSR count). The maximum absolute atomic E-state index is 11.2. The van der Waals surface area contributed by atoms with Gasteiger partial charge in [-0.05, 0) is 19.4 Å². The van der Waals surface area contributed by atoms with Crippen LogP contribution < -0.4 is 10.3 Å². The molecule has 0 saturated carbocycles. The molecule has 0 amide bonds.